The number of halogens is 4. The molecule has 0 radical (unpaired) electrons. The molecular formula is C27H24F4N6O2S. The number of rotatable bonds is 7. The Morgan fingerprint density at radius 2 is 1.98 bits per heavy atom. The molecule has 4 heterocycles. The second-order valence-corrected chi connectivity index (χ2v) is 11.6. The van der Waals surface area contributed by atoms with Gasteiger partial charge in [0.05, 0.1) is 27.7 Å². The van der Waals surface area contributed by atoms with E-state index in [1.165, 1.54) is 25.4 Å². The van der Waals surface area contributed by atoms with Crippen LogP contribution in [0.5, 0.6) is 5.88 Å². The average Bonchev–Trinajstić information content (AvgIpc) is 3.57. The third kappa shape index (κ3) is 4.36. The second kappa shape index (κ2) is 9.43. The minimum atomic E-state index is -2.68. The van der Waals surface area contributed by atoms with Crippen molar-refractivity contribution in [2.75, 3.05) is 0 Å². The van der Waals surface area contributed by atoms with Crippen LogP contribution in [0.15, 0.2) is 40.0 Å². The molecule has 3 atom stereocenters. The Morgan fingerprint density at radius 1 is 1.18 bits per heavy atom. The monoisotopic (exact) mass is 572 g/mol. The number of nitrogens with zero attached hydrogens (tertiary/aromatic N) is 5. The van der Waals surface area contributed by atoms with Gasteiger partial charge in [0.2, 0.25) is 5.88 Å². The zero-order chi connectivity index (χ0) is 28.4. The standard InChI is InChI=1S/C27H24F4N6O2S/c1-12-19(35-13(2)39-12)11-38-21-10-34-23-17(36-21)4-5-33-18(23)8-14-6-15(22(29)16(28)7-14)26(3)20-9-27(20,24(30)31)40-25(32)37-26/h4-7,10,20,24H,8-9,11H2,1-3H3,(H2,32,37)/t20-,26+,27-/m0/s1. The first-order chi connectivity index (χ1) is 19.0. The lowest BCUT2D eigenvalue weighted by molar-refractivity contribution is 0.123. The molecule has 4 aromatic rings. The summed E-state index contributed by atoms with van der Waals surface area (Å²) in [5.41, 5.74) is 6.79. The van der Waals surface area contributed by atoms with Crippen molar-refractivity contribution in [2.45, 2.75) is 56.9 Å². The summed E-state index contributed by atoms with van der Waals surface area (Å²) in [7, 11) is 0. The number of aliphatic imine (C=N–C) groups is 1. The molecule has 1 aromatic carbocycles. The van der Waals surface area contributed by atoms with Gasteiger partial charge in [-0.25, -0.2) is 32.5 Å². The molecular weight excluding hydrogens is 548 g/mol. The van der Waals surface area contributed by atoms with E-state index in [0.29, 0.717) is 39.6 Å². The highest BCUT2D eigenvalue weighted by atomic mass is 32.2. The maximum atomic E-state index is 15.2. The number of nitrogens with two attached hydrogens (primary N) is 1. The number of fused-ring (bicyclic) bond motifs is 2. The largest absolute Gasteiger partial charge is 0.470 e. The number of alkyl halides is 2. The van der Waals surface area contributed by atoms with Crippen molar-refractivity contribution in [1.82, 2.24) is 19.9 Å². The highest BCUT2D eigenvalue weighted by molar-refractivity contribution is 8.15. The maximum absolute atomic E-state index is 15.2. The molecule has 2 N–H and O–H groups in total. The quantitative estimate of drug-likeness (QED) is 0.294. The summed E-state index contributed by atoms with van der Waals surface area (Å²) in [6, 6.07) is 4.18. The molecule has 6 rings (SSSR count). The van der Waals surface area contributed by atoms with E-state index >= 15 is 4.39 Å². The van der Waals surface area contributed by atoms with Crippen LogP contribution in [0.3, 0.4) is 0 Å². The summed E-state index contributed by atoms with van der Waals surface area (Å²) >= 11 is 0.809. The number of pyridine rings is 1. The Labute approximate surface area is 230 Å². The van der Waals surface area contributed by atoms with Crippen molar-refractivity contribution in [1.29, 1.82) is 0 Å². The zero-order valence-electron chi connectivity index (χ0n) is 21.7. The van der Waals surface area contributed by atoms with Gasteiger partial charge in [-0.3, -0.25) is 9.98 Å². The van der Waals surface area contributed by atoms with E-state index < -0.39 is 34.3 Å². The topological polar surface area (TPSA) is 112 Å². The normalized spacial score (nSPS) is 23.8. The lowest BCUT2D eigenvalue weighted by Crippen LogP contribution is -2.39. The van der Waals surface area contributed by atoms with Gasteiger partial charge in [-0.2, -0.15) is 0 Å². The fourth-order valence-corrected chi connectivity index (χ4v) is 6.78. The molecule has 0 unspecified atom stereocenters. The summed E-state index contributed by atoms with van der Waals surface area (Å²) in [5.74, 6) is -1.47. The third-order valence-electron chi connectivity index (χ3n) is 7.51. The Kier molecular flexibility index (Phi) is 6.24. The van der Waals surface area contributed by atoms with Gasteiger partial charge in [-0.1, -0.05) is 11.8 Å². The fraction of sp³-hybridized carbons (Fsp3) is 0.370. The van der Waals surface area contributed by atoms with Crippen molar-refractivity contribution >= 4 is 28.0 Å². The SMILES string of the molecule is Cc1nc(COc2cnc3c(Cc4cc(F)c(F)c([C@@]5(C)N=C(N)S[C@@]6(C(F)F)C[C@@H]56)c4)nccc3n2)c(C)o1. The molecule has 1 saturated carbocycles. The first kappa shape index (κ1) is 26.5. The number of amidine groups is 1. The van der Waals surface area contributed by atoms with Crippen molar-refractivity contribution in [3.05, 3.63) is 76.4 Å². The molecule has 2 aliphatic rings. The number of aryl methyl sites for hydroxylation is 2. The Balaban J connectivity index is 1.30. The van der Waals surface area contributed by atoms with E-state index in [-0.39, 0.29) is 36.1 Å². The number of aromatic nitrogens is 4. The van der Waals surface area contributed by atoms with Gasteiger partial charge in [-0.15, -0.1) is 0 Å². The van der Waals surface area contributed by atoms with Crippen LogP contribution < -0.4 is 10.5 Å². The number of hydrogen-bond donors (Lipinski definition) is 1. The maximum Gasteiger partial charge on any atom is 0.253 e. The van der Waals surface area contributed by atoms with E-state index in [4.69, 9.17) is 14.9 Å². The van der Waals surface area contributed by atoms with Crippen LogP contribution in [0.4, 0.5) is 17.6 Å². The van der Waals surface area contributed by atoms with Gasteiger partial charge >= 0.3 is 0 Å². The molecule has 1 fully saturated rings. The lowest BCUT2D eigenvalue weighted by Gasteiger charge is -2.34. The molecule has 1 aliphatic carbocycles. The minimum absolute atomic E-state index is 0.0698. The molecule has 13 heteroatoms. The van der Waals surface area contributed by atoms with Gasteiger partial charge in [0, 0.05) is 31.0 Å². The summed E-state index contributed by atoms with van der Waals surface area (Å²) in [6.07, 6.45) is 0.489. The van der Waals surface area contributed by atoms with Crippen LogP contribution in [0, 0.1) is 31.4 Å². The molecule has 208 valence electrons. The number of hydrogen-bond acceptors (Lipinski definition) is 9. The Bertz CT molecular complexity index is 1680. The molecule has 8 nitrogen and oxygen atoms in total. The van der Waals surface area contributed by atoms with Crippen LogP contribution in [0.1, 0.15) is 47.5 Å². The van der Waals surface area contributed by atoms with Crippen LogP contribution in [-0.2, 0) is 18.6 Å². The molecule has 0 amide bonds. The van der Waals surface area contributed by atoms with Crippen LogP contribution in [0.25, 0.3) is 11.0 Å². The van der Waals surface area contributed by atoms with Gasteiger partial charge in [-0.05, 0) is 44.0 Å². The fourth-order valence-electron chi connectivity index (χ4n) is 5.45. The summed E-state index contributed by atoms with van der Waals surface area (Å²) in [6.45, 7) is 5.22. The molecule has 0 bridgehead atoms. The third-order valence-corrected chi connectivity index (χ3v) is 8.82. The Morgan fingerprint density at radius 3 is 2.70 bits per heavy atom. The smallest absolute Gasteiger partial charge is 0.253 e. The molecule has 3 aromatic heterocycles. The number of oxazole rings is 1. The predicted octanol–water partition coefficient (Wildman–Crippen LogP) is 5.38. The summed E-state index contributed by atoms with van der Waals surface area (Å²) in [5, 5.41) is -0.0698. The minimum Gasteiger partial charge on any atom is -0.470 e. The van der Waals surface area contributed by atoms with Crippen LogP contribution in [-0.4, -0.2) is 36.3 Å². The van der Waals surface area contributed by atoms with Gasteiger partial charge in [0.1, 0.15) is 23.6 Å². The van der Waals surface area contributed by atoms with Crippen LogP contribution >= 0.6 is 11.8 Å². The highest BCUT2D eigenvalue weighted by Crippen LogP contribution is 2.68. The van der Waals surface area contributed by atoms with Gasteiger partial charge in [0.25, 0.3) is 6.43 Å². The van der Waals surface area contributed by atoms with Crippen LogP contribution in [0.2, 0.25) is 0 Å². The highest BCUT2D eigenvalue weighted by Gasteiger charge is 2.71. The number of thioether (sulfide) groups is 1. The molecule has 40 heavy (non-hydrogen) atoms. The van der Waals surface area contributed by atoms with E-state index in [2.05, 4.69) is 24.9 Å². The average molecular weight is 573 g/mol. The number of benzene rings is 1. The van der Waals surface area contributed by atoms with Crippen molar-refractivity contribution < 1.29 is 26.7 Å². The van der Waals surface area contributed by atoms with E-state index in [1.807, 2.05) is 0 Å². The van der Waals surface area contributed by atoms with Crippen molar-refractivity contribution in [3.63, 3.8) is 0 Å². The predicted molar refractivity (Wildman–Crippen MR) is 140 cm³/mol. The van der Waals surface area contributed by atoms with Crippen molar-refractivity contribution in [2.24, 2.45) is 16.6 Å². The second-order valence-electron chi connectivity index (χ2n) is 10.2. The lowest BCUT2D eigenvalue weighted by atomic mass is 9.84. The molecule has 0 saturated heterocycles. The van der Waals surface area contributed by atoms with E-state index in [1.54, 1.807) is 19.9 Å². The first-order valence-corrected chi connectivity index (χ1v) is 13.3. The zero-order valence-corrected chi connectivity index (χ0v) is 22.5. The van der Waals surface area contributed by atoms with Gasteiger partial charge in [0.15, 0.2) is 22.7 Å². The molecule has 1 aliphatic heterocycles. The van der Waals surface area contributed by atoms with Crippen molar-refractivity contribution in [3.8, 4) is 5.88 Å². The first-order valence-electron chi connectivity index (χ1n) is 12.5. The summed E-state index contributed by atoms with van der Waals surface area (Å²) < 4.78 is 67.6. The summed E-state index contributed by atoms with van der Waals surface area (Å²) in [4.78, 5) is 21.9. The van der Waals surface area contributed by atoms with E-state index in [9.17, 15) is 13.2 Å². The molecule has 0 spiro atoms. The Hall–Kier alpha value is -3.74. The van der Waals surface area contributed by atoms with E-state index in [0.717, 1.165) is 17.8 Å². The van der Waals surface area contributed by atoms with Gasteiger partial charge < -0.3 is 14.9 Å². The number of ether oxygens (including phenoxy) is 1.